The monoisotopic (exact) mass is 424 g/mol. The fourth-order valence-corrected chi connectivity index (χ4v) is 5.04. The number of thiophene rings is 1. The molecule has 0 aliphatic heterocycles. The van der Waals surface area contributed by atoms with Gasteiger partial charge in [0.05, 0.1) is 17.9 Å². The Morgan fingerprint density at radius 3 is 2.78 bits per heavy atom. The molecule has 3 aromatic rings. The van der Waals surface area contributed by atoms with Gasteiger partial charge in [0.15, 0.2) is 0 Å². The third-order valence-electron chi connectivity index (χ3n) is 3.78. The number of halogens is 1. The molecule has 1 amide bonds. The van der Waals surface area contributed by atoms with Gasteiger partial charge in [-0.1, -0.05) is 23.7 Å². The van der Waals surface area contributed by atoms with Gasteiger partial charge in [-0.25, -0.2) is 8.42 Å². The number of sulfonamides is 1. The Morgan fingerprint density at radius 2 is 2.11 bits per heavy atom. The summed E-state index contributed by atoms with van der Waals surface area (Å²) in [6.07, 6.45) is 2.93. The summed E-state index contributed by atoms with van der Waals surface area (Å²) in [5.74, 6) is -0.468. The molecule has 0 saturated heterocycles. The van der Waals surface area contributed by atoms with Gasteiger partial charge in [0, 0.05) is 18.3 Å². The fourth-order valence-electron chi connectivity index (χ4n) is 2.48. The molecular weight excluding hydrogens is 408 g/mol. The van der Waals surface area contributed by atoms with Crippen molar-refractivity contribution in [3.8, 4) is 0 Å². The molecular formula is C17H17ClN4O3S2. The van der Waals surface area contributed by atoms with E-state index < -0.39 is 15.9 Å². The number of aryl methyl sites for hydroxylation is 1. The Bertz CT molecular complexity index is 1080. The number of nitrogens with zero attached hydrogens (tertiary/aromatic N) is 2. The summed E-state index contributed by atoms with van der Waals surface area (Å²) in [6.45, 7) is 1.80. The summed E-state index contributed by atoms with van der Waals surface area (Å²) >= 11 is 7.05. The Labute approximate surface area is 166 Å². The molecule has 2 heterocycles. The van der Waals surface area contributed by atoms with Crippen LogP contribution in [0.2, 0.25) is 5.02 Å². The molecule has 27 heavy (non-hydrogen) atoms. The topological polar surface area (TPSA) is 93.1 Å². The van der Waals surface area contributed by atoms with Gasteiger partial charge in [-0.2, -0.15) is 5.10 Å². The average Bonchev–Trinajstić information content (AvgIpc) is 3.24. The second-order valence-corrected chi connectivity index (χ2v) is 8.88. The van der Waals surface area contributed by atoms with Crippen LogP contribution in [-0.2, 0) is 17.1 Å². The minimum Gasteiger partial charge on any atom is -0.345 e. The maximum Gasteiger partial charge on any atom is 0.263 e. The van der Waals surface area contributed by atoms with Gasteiger partial charge in [-0.3, -0.25) is 14.2 Å². The van der Waals surface area contributed by atoms with Crippen LogP contribution in [0.4, 0.5) is 5.69 Å². The van der Waals surface area contributed by atoms with Gasteiger partial charge in [-0.05, 0) is 36.1 Å². The molecule has 0 fully saturated rings. The summed E-state index contributed by atoms with van der Waals surface area (Å²) in [5, 5.41) is 8.86. The number of carbonyl (C=O) groups is 1. The number of anilines is 1. The van der Waals surface area contributed by atoms with E-state index in [9.17, 15) is 13.2 Å². The van der Waals surface area contributed by atoms with E-state index in [2.05, 4.69) is 15.1 Å². The SMILES string of the molecule is C[C@H](NC(=O)c1sccc1S(=O)(=O)Nc1cnn(C)c1)c1cccc(Cl)c1. The molecule has 2 N–H and O–H groups in total. The summed E-state index contributed by atoms with van der Waals surface area (Å²) in [7, 11) is -2.24. The van der Waals surface area contributed by atoms with Crippen molar-refractivity contribution in [2.75, 3.05) is 4.72 Å². The first-order chi connectivity index (χ1) is 12.8. The van der Waals surface area contributed by atoms with Crippen LogP contribution in [0.15, 0.2) is 53.0 Å². The second-order valence-electron chi connectivity index (χ2n) is 5.87. The van der Waals surface area contributed by atoms with Crippen molar-refractivity contribution in [1.82, 2.24) is 15.1 Å². The fraction of sp³-hybridized carbons (Fsp3) is 0.176. The summed E-state index contributed by atoms with van der Waals surface area (Å²) in [4.78, 5) is 12.7. The Hall–Kier alpha value is -2.36. The van der Waals surface area contributed by atoms with E-state index >= 15 is 0 Å². The van der Waals surface area contributed by atoms with E-state index in [4.69, 9.17) is 11.6 Å². The van der Waals surface area contributed by atoms with E-state index in [1.165, 1.54) is 23.1 Å². The van der Waals surface area contributed by atoms with Crippen LogP contribution in [0.5, 0.6) is 0 Å². The van der Waals surface area contributed by atoms with E-state index in [-0.39, 0.29) is 15.8 Å². The van der Waals surface area contributed by atoms with E-state index in [0.29, 0.717) is 10.7 Å². The predicted octanol–water partition coefficient (Wildman–Crippen LogP) is 3.43. The number of nitrogens with one attached hydrogen (secondary N) is 2. The van der Waals surface area contributed by atoms with Crippen molar-refractivity contribution < 1.29 is 13.2 Å². The van der Waals surface area contributed by atoms with Crippen molar-refractivity contribution in [2.24, 2.45) is 7.05 Å². The highest BCUT2D eigenvalue weighted by Gasteiger charge is 2.25. The summed E-state index contributed by atoms with van der Waals surface area (Å²) < 4.78 is 29.2. The molecule has 2 aromatic heterocycles. The highest BCUT2D eigenvalue weighted by atomic mass is 35.5. The van der Waals surface area contributed by atoms with Gasteiger partial charge in [-0.15, -0.1) is 11.3 Å². The molecule has 0 spiro atoms. The van der Waals surface area contributed by atoms with E-state index in [0.717, 1.165) is 16.9 Å². The Kier molecular flexibility index (Phi) is 5.54. The largest absolute Gasteiger partial charge is 0.345 e. The van der Waals surface area contributed by atoms with Crippen molar-refractivity contribution in [1.29, 1.82) is 0 Å². The first-order valence-corrected chi connectivity index (χ1v) is 10.7. The quantitative estimate of drug-likeness (QED) is 0.634. The molecule has 0 aliphatic carbocycles. The number of hydrogen-bond acceptors (Lipinski definition) is 5. The number of amides is 1. The number of hydrogen-bond donors (Lipinski definition) is 2. The highest BCUT2D eigenvalue weighted by Crippen LogP contribution is 2.25. The zero-order valence-corrected chi connectivity index (χ0v) is 16.9. The third kappa shape index (κ3) is 4.49. The molecule has 0 radical (unpaired) electrons. The molecule has 0 saturated carbocycles. The maximum absolute atomic E-state index is 12.7. The zero-order chi connectivity index (χ0) is 19.6. The van der Waals surface area contributed by atoms with E-state index in [1.54, 1.807) is 37.6 Å². The lowest BCUT2D eigenvalue weighted by Crippen LogP contribution is -2.27. The van der Waals surface area contributed by atoms with Crippen LogP contribution >= 0.6 is 22.9 Å². The minimum atomic E-state index is -3.91. The smallest absolute Gasteiger partial charge is 0.263 e. The Balaban J connectivity index is 1.80. The lowest BCUT2D eigenvalue weighted by Gasteiger charge is -2.15. The van der Waals surface area contributed by atoms with Crippen molar-refractivity contribution in [2.45, 2.75) is 17.9 Å². The normalized spacial score (nSPS) is 12.6. The van der Waals surface area contributed by atoms with Gasteiger partial charge < -0.3 is 5.32 Å². The van der Waals surface area contributed by atoms with Crippen LogP contribution in [0.3, 0.4) is 0 Å². The zero-order valence-electron chi connectivity index (χ0n) is 14.5. The van der Waals surface area contributed by atoms with Crippen LogP contribution in [-0.4, -0.2) is 24.1 Å². The average molecular weight is 425 g/mol. The van der Waals surface area contributed by atoms with Crippen molar-refractivity contribution in [3.63, 3.8) is 0 Å². The molecule has 7 nitrogen and oxygen atoms in total. The summed E-state index contributed by atoms with van der Waals surface area (Å²) in [5.41, 5.74) is 1.15. The van der Waals surface area contributed by atoms with Gasteiger partial charge in [0.25, 0.3) is 15.9 Å². The molecule has 0 bridgehead atoms. The molecule has 1 aromatic carbocycles. The molecule has 10 heteroatoms. The standard InChI is InChI=1S/C17H17ClN4O3S2/c1-11(12-4-3-5-13(18)8-12)20-17(23)16-15(6-7-26-16)27(24,25)21-14-9-19-22(2)10-14/h3-11,21H,1-2H3,(H,20,23)/t11-/m0/s1. The number of aromatic nitrogens is 2. The van der Waals surface area contributed by atoms with Crippen LogP contribution < -0.4 is 10.0 Å². The molecule has 1 atom stereocenters. The maximum atomic E-state index is 12.7. The van der Waals surface area contributed by atoms with E-state index in [1.807, 2.05) is 6.07 Å². The Morgan fingerprint density at radius 1 is 1.33 bits per heavy atom. The van der Waals surface area contributed by atoms with Crippen molar-refractivity contribution in [3.05, 3.63) is 63.6 Å². The van der Waals surface area contributed by atoms with Crippen LogP contribution in [0.25, 0.3) is 0 Å². The number of carbonyl (C=O) groups excluding carboxylic acids is 1. The lowest BCUT2D eigenvalue weighted by atomic mass is 10.1. The van der Waals surface area contributed by atoms with Gasteiger partial charge >= 0.3 is 0 Å². The van der Waals surface area contributed by atoms with Crippen molar-refractivity contribution >= 4 is 44.6 Å². The first kappa shape index (κ1) is 19.4. The minimum absolute atomic E-state index is 0.0767. The highest BCUT2D eigenvalue weighted by molar-refractivity contribution is 7.93. The predicted molar refractivity (Wildman–Crippen MR) is 106 cm³/mol. The third-order valence-corrected chi connectivity index (χ3v) is 6.48. The number of benzene rings is 1. The van der Waals surface area contributed by atoms with Gasteiger partial charge in [0.2, 0.25) is 0 Å². The number of rotatable bonds is 6. The lowest BCUT2D eigenvalue weighted by molar-refractivity contribution is 0.0941. The summed E-state index contributed by atoms with van der Waals surface area (Å²) in [6, 6.07) is 8.20. The van der Waals surface area contributed by atoms with Gasteiger partial charge in [0.1, 0.15) is 9.77 Å². The second kappa shape index (κ2) is 7.71. The van der Waals surface area contributed by atoms with Crippen LogP contribution in [0.1, 0.15) is 28.2 Å². The van der Waals surface area contributed by atoms with Crippen LogP contribution in [0, 0.1) is 0 Å². The molecule has 3 rings (SSSR count). The molecule has 0 aliphatic rings. The first-order valence-electron chi connectivity index (χ1n) is 7.91. The molecule has 0 unspecified atom stereocenters. The molecule has 142 valence electrons.